The molecule has 1 aromatic carbocycles. The van der Waals surface area contributed by atoms with E-state index in [4.69, 9.17) is 9.16 Å². The number of amides is 2. The van der Waals surface area contributed by atoms with E-state index in [1.165, 1.54) is 11.0 Å². The maximum absolute atomic E-state index is 13.8. The standard InChI is InChI=1S/C28H42N2O5Si/c1-9-12-34-27(33)30-22-14-24(35-36(17(2)3,18(4)5)19(6)7)20(8)13-21(22)25(31)29-16-28(10-11-28)15-23(29)26(30)32/h9,13-14,17-19,23,26,32H,1,10-12,15-16H2,2-8H3/t23-,26-/m0/s1. The number of fused-ring (bicyclic) bond motifs is 2. The minimum absolute atomic E-state index is 0.0168. The maximum Gasteiger partial charge on any atom is 0.416 e. The second-order valence-electron chi connectivity index (χ2n) is 11.9. The van der Waals surface area contributed by atoms with E-state index in [1.807, 2.05) is 13.0 Å². The fourth-order valence-electron chi connectivity index (χ4n) is 6.70. The summed E-state index contributed by atoms with van der Waals surface area (Å²) >= 11 is 0. The molecule has 7 nitrogen and oxygen atoms in total. The van der Waals surface area contributed by atoms with Crippen molar-refractivity contribution in [2.45, 2.75) is 96.6 Å². The quantitative estimate of drug-likeness (QED) is 0.356. The van der Waals surface area contributed by atoms with Crippen molar-refractivity contribution in [2.24, 2.45) is 5.41 Å². The Hall–Kier alpha value is -2.32. The number of benzene rings is 1. The summed E-state index contributed by atoms with van der Waals surface area (Å²) in [5, 5.41) is 11.5. The van der Waals surface area contributed by atoms with Crippen LogP contribution in [-0.2, 0) is 4.74 Å². The van der Waals surface area contributed by atoms with Crippen LogP contribution in [0.4, 0.5) is 10.5 Å². The Morgan fingerprint density at radius 1 is 1.19 bits per heavy atom. The fraction of sp³-hybridized carbons (Fsp3) is 0.643. The number of aliphatic hydroxyl groups is 1. The van der Waals surface area contributed by atoms with Gasteiger partial charge < -0.3 is 19.2 Å². The minimum atomic E-state index is -2.30. The van der Waals surface area contributed by atoms with Crippen LogP contribution in [0.5, 0.6) is 5.75 Å². The number of hydrogen-bond acceptors (Lipinski definition) is 5. The summed E-state index contributed by atoms with van der Waals surface area (Å²) in [5.74, 6) is 0.519. The van der Waals surface area contributed by atoms with Gasteiger partial charge in [0.2, 0.25) is 0 Å². The highest BCUT2D eigenvalue weighted by Crippen LogP contribution is 2.57. The highest BCUT2D eigenvalue weighted by Gasteiger charge is 2.58. The Bertz CT molecular complexity index is 1030. The van der Waals surface area contributed by atoms with Gasteiger partial charge in [0.25, 0.3) is 14.2 Å². The first-order valence-electron chi connectivity index (χ1n) is 13.3. The fourth-order valence-corrected chi connectivity index (χ4v) is 12.0. The average Bonchev–Trinajstić information content (AvgIpc) is 3.46. The van der Waals surface area contributed by atoms with Crippen LogP contribution in [0.15, 0.2) is 24.8 Å². The van der Waals surface area contributed by atoms with Gasteiger partial charge >= 0.3 is 6.09 Å². The monoisotopic (exact) mass is 514 g/mol. The van der Waals surface area contributed by atoms with Gasteiger partial charge in [0, 0.05) is 12.6 Å². The molecule has 198 valence electrons. The van der Waals surface area contributed by atoms with Crippen LogP contribution in [0.2, 0.25) is 16.6 Å². The van der Waals surface area contributed by atoms with Crippen LogP contribution in [0.1, 0.15) is 76.7 Å². The minimum Gasteiger partial charge on any atom is -0.542 e. The Balaban J connectivity index is 1.85. The summed E-state index contributed by atoms with van der Waals surface area (Å²) in [6, 6.07) is 3.14. The zero-order valence-corrected chi connectivity index (χ0v) is 23.8. The molecule has 3 aliphatic rings. The molecule has 8 heteroatoms. The molecule has 1 aromatic rings. The molecule has 1 spiro atoms. The molecule has 0 unspecified atom stereocenters. The number of rotatable bonds is 7. The van der Waals surface area contributed by atoms with Crippen molar-refractivity contribution in [1.29, 1.82) is 0 Å². The molecular formula is C28H42N2O5Si. The number of aliphatic hydroxyl groups excluding tert-OH is 1. The van der Waals surface area contributed by atoms with Gasteiger partial charge in [0.05, 0.1) is 17.3 Å². The Labute approximate surface area is 216 Å². The molecule has 2 fully saturated rings. The third kappa shape index (κ3) is 4.26. The summed E-state index contributed by atoms with van der Waals surface area (Å²) in [6.45, 7) is 19.5. The molecule has 2 amide bonds. The SMILES string of the molecule is C=CCOC(=O)N1c2cc(O[Si](C(C)C)(C(C)C)C(C)C)c(C)cc2C(=O)N2CC3(CC3)C[C@H]2[C@@H]1O. The highest BCUT2D eigenvalue weighted by atomic mass is 28.4. The van der Waals surface area contributed by atoms with Gasteiger partial charge in [-0.05, 0) is 59.9 Å². The lowest BCUT2D eigenvalue weighted by molar-refractivity contribution is 0.0496. The average molecular weight is 515 g/mol. The summed E-state index contributed by atoms with van der Waals surface area (Å²) in [5.41, 5.74) is 2.75. The largest absolute Gasteiger partial charge is 0.542 e. The molecule has 0 bridgehead atoms. The molecule has 4 rings (SSSR count). The van der Waals surface area contributed by atoms with E-state index in [0.29, 0.717) is 46.6 Å². The van der Waals surface area contributed by atoms with Crippen LogP contribution in [0, 0.1) is 12.3 Å². The molecule has 2 atom stereocenters. The van der Waals surface area contributed by atoms with Crippen LogP contribution >= 0.6 is 0 Å². The lowest BCUT2D eigenvalue weighted by atomic mass is 10.0. The van der Waals surface area contributed by atoms with Gasteiger partial charge in [-0.3, -0.25) is 4.79 Å². The molecule has 0 aromatic heterocycles. The van der Waals surface area contributed by atoms with Gasteiger partial charge in [-0.25, -0.2) is 9.69 Å². The third-order valence-electron chi connectivity index (χ3n) is 8.67. The highest BCUT2D eigenvalue weighted by molar-refractivity contribution is 6.78. The predicted molar refractivity (Wildman–Crippen MR) is 144 cm³/mol. The molecular weight excluding hydrogens is 472 g/mol. The Morgan fingerprint density at radius 3 is 2.33 bits per heavy atom. The van der Waals surface area contributed by atoms with E-state index in [9.17, 15) is 14.7 Å². The number of aryl methyl sites for hydroxylation is 1. The topological polar surface area (TPSA) is 79.3 Å². The van der Waals surface area contributed by atoms with Gasteiger partial charge in [-0.1, -0.05) is 54.2 Å². The van der Waals surface area contributed by atoms with E-state index >= 15 is 0 Å². The van der Waals surface area contributed by atoms with Crippen LogP contribution < -0.4 is 9.33 Å². The first-order chi connectivity index (χ1) is 16.9. The van der Waals surface area contributed by atoms with E-state index in [2.05, 4.69) is 48.1 Å². The van der Waals surface area contributed by atoms with Crippen molar-refractivity contribution in [2.75, 3.05) is 18.1 Å². The van der Waals surface area contributed by atoms with Crippen LogP contribution in [0.3, 0.4) is 0 Å². The van der Waals surface area contributed by atoms with Crippen LogP contribution in [-0.4, -0.2) is 55.7 Å². The van der Waals surface area contributed by atoms with E-state index in [1.54, 1.807) is 11.0 Å². The van der Waals surface area contributed by atoms with E-state index < -0.39 is 26.7 Å². The number of ether oxygens (including phenoxy) is 1. The molecule has 0 radical (unpaired) electrons. The number of carbonyl (C=O) groups excluding carboxylic acids is 2. The summed E-state index contributed by atoms with van der Waals surface area (Å²) in [6.07, 6.45) is 2.38. The number of carbonyl (C=O) groups is 2. The van der Waals surface area contributed by atoms with Gasteiger partial charge in [-0.2, -0.15) is 0 Å². The van der Waals surface area contributed by atoms with Crippen molar-refractivity contribution in [1.82, 2.24) is 4.90 Å². The van der Waals surface area contributed by atoms with Crippen molar-refractivity contribution >= 4 is 26.0 Å². The van der Waals surface area contributed by atoms with Crippen LogP contribution in [0.25, 0.3) is 0 Å². The normalized spacial score (nSPS) is 22.7. The summed E-state index contributed by atoms with van der Waals surface area (Å²) in [4.78, 5) is 30.2. The second-order valence-corrected chi connectivity index (χ2v) is 17.3. The first-order valence-corrected chi connectivity index (χ1v) is 15.4. The number of nitrogens with zero attached hydrogens (tertiary/aromatic N) is 2. The smallest absolute Gasteiger partial charge is 0.416 e. The van der Waals surface area contributed by atoms with Crippen molar-refractivity contribution in [3.05, 3.63) is 35.9 Å². The third-order valence-corrected chi connectivity index (χ3v) is 14.7. The first kappa shape index (κ1) is 26.7. The van der Waals surface area contributed by atoms with Gasteiger partial charge in [-0.15, -0.1) is 0 Å². The molecule has 2 heterocycles. The van der Waals surface area contributed by atoms with Crippen molar-refractivity contribution in [3.63, 3.8) is 0 Å². The van der Waals surface area contributed by atoms with Crippen molar-refractivity contribution < 1.29 is 23.9 Å². The number of anilines is 1. The predicted octanol–water partition coefficient (Wildman–Crippen LogP) is 6.01. The number of hydrogen-bond donors (Lipinski definition) is 1. The van der Waals surface area contributed by atoms with Gasteiger partial charge in [0.15, 0.2) is 6.23 Å². The zero-order chi connectivity index (χ0) is 26.6. The van der Waals surface area contributed by atoms with Crippen molar-refractivity contribution in [3.8, 4) is 5.75 Å². The molecule has 36 heavy (non-hydrogen) atoms. The Kier molecular flexibility index (Phi) is 7.07. The maximum atomic E-state index is 13.8. The molecule has 1 saturated heterocycles. The van der Waals surface area contributed by atoms with E-state index in [-0.39, 0.29) is 17.9 Å². The second kappa shape index (κ2) is 9.52. The molecule has 1 saturated carbocycles. The summed E-state index contributed by atoms with van der Waals surface area (Å²) in [7, 11) is -2.30. The molecule has 1 N–H and O–H groups in total. The summed E-state index contributed by atoms with van der Waals surface area (Å²) < 4.78 is 12.4. The lowest BCUT2D eigenvalue weighted by Gasteiger charge is -2.42. The zero-order valence-electron chi connectivity index (χ0n) is 22.8. The van der Waals surface area contributed by atoms with E-state index in [0.717, 1.165) is 18.4 Å². The molecule has 1 aliphatic carbocycles. The lowest BCUT2D eigenvalue weighted by Crippen LogP contribution is -2.51. The van der Waals surface area contributed by atoms with Gasteiger partial charge in [0.1, 0.15) is 12.4 Å². The molecule has 2 aliphatic heterocycles. The Morgan fingerprint density at radius 2 is 1.81 bits per heavy atom.